The number of hydrogen-bond acceptors (Lipinski definition) is 6. The summed E-state index contributed by atoms with van der Waals surface area (Å²) in [6.45, 7) is 2.37. The molecule has 1 N–H and O–H groups in total. The summed E-state index contributed by atoms with van der Waals surface area (Å²) in [5.74, 6) is -0.590. The molecule has 1 aliphatic rings. The Labute approximate surface area is 198 Å². The van der Waals surface area contributed by atoms with Crippen LogP contribution in [0.25, 0.3) is 0 Å². The number of ether oxygens (including phenoxy) is 2. The summed E-state index contributed by atoms with van der Waals surface area (Å²) in [6, 6.07) is 19.6. The number of esters is 1. The first-order valence-electron chi connectivity index (χ1n) is 10.8. The zero-order valence-electron chi connectivity index (χ0n) is 18.6. The maximum Gasteiger partial charge on any atom is 0.340 e. The number of amides is 1. The fourth-order valence-corrected chi connectivity index (χ4v) is 4.80. The van der Waals surface area contributed by atoms with Crippen molar-refractivity contribution in [3.63, 3.8) is 0 Å². The van der Waals surface area contributed by atoms with Gasteiger partial charge < -0.3 is 14.4 Å². The van der Waals surface area contributed by atoms with E-state index in [1.165, 1.54) is 24.3 Å². The van der Waals surface area contributed by atoms with E-state index in [2.05, 4.69) is 4.72 Å². The molecule has 1 amide bonds. The summed E-state index contributed by atoms with van der Waals surface area (Å²) in [7, 11) is -3.97. The van der Waals surface area contributed by atoms with Gasteiger partial charge in [-0.05, 0) is 61.4 Å². The number of sulfonamides is 1. The average molecular weight is 481 g/mol. The second-order valence-electron chi connectivity index (χ2n) is 7.56. The van der Waals surface area contributed by atoms with Crippen molar-refractivity contribution in [2.45, 2.75) is 18.2 Å². The summed E-state index contributed by atoms with van der Waals surface area (Å²) in [4.78, 5) is 27.0. The van der Waals surface area contributed by atoms with Gasteiger partial charge in [-0.2, -0.15) is 0 Å². The molecule has 0 aromatic heterocycles. The lowest BCUT2D eigenvalue weighted by Gasteiger charge is -2.17. The zero-order chi connectivity index (χ0) is 24.1. The lowest BCUT2D eigenvalue weighted by Crippen LogP contribution is -2.33. The number of nitrogens with one attached hydrogen (secondary N) is 1. The molecule has 8 nitrogen and oxygen atoms in total. The second-order valence-corrected chi connectivity index (χ2v) is 9.24. The molecule has 0 atom stereocenters. The van der Waals surface area contributed by atoms with Gasteiger partial charge in [-0.15, -0.1) is 0 Å². The third-order valence-corrected chi connectivity index (χ3v) is 6.73. The highest BCUT2D eigenvalue weighted by molar-refractivity contribution is 7.92. The molecular weight excluding hydrogens is 456 g/mol. The monoisotopic (exact) mass is 480 g/mol. The minimum absolute atomic E-state index is 0.00614. The maximum absolute atomic E-state index is 12.8. The number of nitrogens with zero attached hydrogens (tertiary/aromatic N) is 1. The zero-order valence-corrected chi connectivity index (χ0v) is 19.4. The number of para-hydroxylation sites is 2. The second kappa shape index (κ2) is 9.96. The molecule has 3 aromatic rings. The largest absolute Gasteiger partial charge is 0.494 e. The fraction of sp³-hybridized carbons (Fsp3) is 0.200. The van der Waals surface area contributed by atoms with Crippen LogP contribution in [0.5, 0.6) is 5.75 Å². The van der Waals surface area contributed by atoms with E-state index < -0.39 is 22.6 Å². The lowest BCUT2D eigenvalue weighted by molar-refractivity contribution is -0.121. The van der Waals surface area contributed by atoms with Crippen molar-refractivity contribution < 1.29 is 27.5 Å². The van der Waals surface area contributed by atoms with Crippen LogP contribution < -0.4 is 14.4 Å². The number of carbonyl (C=O) groups excluding carboxylic acids is 2. The molecule has 0 bridgehead atoms. The van der Waals surface area contributed by atoms with Crippen LogP contribution in [0.2, 0.25) is 0 Å². The third-order valence-electron chi connectivity index (χ3n) is 5.35. The van der Waals surface area contributed by atoms with Crippen LogP contribution in [0.1, 0.15) is 22.8 Å². The Hall–Kier alpha value is -3.85. The van der Waals surface area contributed by atoms with Crippen LogP contribution in [-0.2, 0) is 26.0 Å². The number of hydrogen-bond donors (Lipinski definition) is 1. The van der Waals surface area contributed by atoms with Crippen LogP contribution in [0.15, 0.2) is 77.7 Å². The Kier molecular flexibility index (Phi) is 6.83. The number of carbonyl (C=O) groups is 2. The average Bonchev–Trinajstić information content (AvgIpc) is 3.27. The molecule has 0 saturated heterocycles. The van der Waals surface area contributed by atoms with Crippen LogP contribution >= 0.6 is 0 Å². The summed E-state index contributed by atoms with van der Waals surface area (Å²) >= 11 is 0. The number of anilines is 2. The molecule has 0 spiro atoms. The molecule has 0 radical (unpaired) electrons. The topological polar surface area (TPSA) is 102 Å². The molecule has 0 saturated carbocycles. The molecule has 9 heteroatoms. The van der Waals surface area contributed by atoms with Gasteiger partial charge in [0.1, 0.15) is 5.75 Å². The smallest absolute Gasteiger partial charge is 0.340 e. The van der Waals surface area contributed by atoms with E-state index in [1.807, 2.05) is 31.2 Å². The van der Waals surface area contributed by atoms with Gasteiger partial charge in [-0.25, -0.2) is 13.2 Å². The molecule has 4 rings (SSSR count). The highest BCUT2D eigenvalue weighted by Gasteiger charge is 2.26. The van der Waals surface area contributed by atoms with Gasteiger partial charge in [0.05, 0.1) is 22.8 Å². The quantitative estimate of drug-likeness (QED) is 0.494. The van der Waals surface area contributed by atoms with Crippen molar-refractivity contribution in [1.82, 2.24) is 0 Å². The van der Waals surface area contributed by atoms with Gasteiger partial charge in [0.2, 0.25) is 0 Å². The SMILES string of the molecule is CCOc1ccc(S(=O)(=O)Nc2ccccc2C(=O)OCC(=O)N2CCc3ccccc32)cc1. The first-order valence-corrected chi connectivity index (χ1v) is 12.3. The van der Waals surface area contributed by atoms with E-state index in [9.17, 15) is 18.0 Å². The van der Waals surface area contributed by atoms with Gasteiger partial charge in [-0.3, -0.25) is 9.52 Å². The van der Waals surface area contributed by atoms with Gasteiger partial charge in [0, 0.05) is 12.2 Å². The first-order chi connectivity index (χ1) is 16.4. The highest BCUT2D eigenvalue weighted by atomic mass is 32.2. The van der Waals surface area contributed by atoms with Crippen LogP contribution in [0.3, 0.4) is 0 Å². The molecule has 1 aliphatic heterocycles. The van der Waals surface area contributed by atoms with Gasteiger partial charge in [0.15, 0.2) is 6.61 Å². The Balaban J connectivity index is 1.44. The van der Waals surface area contributed by atoms with Crippen LogP contribution in [0, 0.1) is 0 Å². The van der Waals surface area contributed by atoms with Gasteiger partial charge in [-0.1, -0.05) is 30.3 Å². The molecule has 3 aromatic carbocycles. The van der Waals surface area contributed by atoms with Crippen molar-refractivity contribution in [1.29, 1.82) is 0 Å². The fourth-order valence-electron chi connectivity index (χ4n) is 3.72. The predicted molar refractivity (Wildman–Crippen MR) is 128 cm³/mol. The highest BCUT2D eigenvalue weighted by Crippen LogP contribution is 2.28. The third kappa shape index (κ3) is 5.04. The molecule has 0 aliphatic carbocycles. The summed E-state index contributed by atoms with van der Waals surface area (Å²) in [5.41, 5.74) is 1.94. The van der Waals surface area contributed by atoms with Crippen molar-refractivity contribution in [2.24, 2.45) is 0 Å². The molecule has 176 valence electrons. The standard InChI is InChI=1S/C25H24N2O6S/c1-2-32-19-11-13-20(14-12-19)34(30,31)26-22-9-5-4-8-21(22)25(29)33-17-24(28)27-16-15-18-7-3-6-10-23(18)27/h3-14,26H,2,15-17H2,1H3. The van der Waals surface area contributed by atoms with Gasteiger partial charge >= 0.3 is 5.97 Å². The summed E-state index contributed by atoms with van der Waals surface area (Å²) in [5, 5.41) is 0. The molecule has 1 heterocycles. The van der Waals surface area contributed by atoms with E-state index >= 15 is 0 Å². The van der Waals surface area contributed by atoms with Crippen molar-refractivity contribution >= 4 is 33.3 Å². The number of fused-ring (bicyclic) bond motifs is 1. The summed E-state index contributed by atoms with van der Waals surface area (Å²) in [6.07, 6.45) is 0.742. The van der Waals surface area contributed by atoms with Crippen molar-refractivity contribution in [3.8, 4) is 5.75 Å². The molecule has 0 unspecified atom stereocenters. The molecule has 0 fully saturated rings. The van der Waals surface area contributed by atoms with E-state index in [0.29, 0.717) is 18.9 Å². The van der Waals surface area contributed by atoms with E-state index in [4.69, 9.17) is 9.47 Å². The molecular formula is C25H24N2O6S. The number of rotatable bonds is 8. The van der Waals surface area contributed by atoms with Crippen molar-refractivity contribution in [3.05, 3.63) is 83.9 Å². The normalized spacial score (nSPS) is 12.7. The Bertz CT molecular complexity index is 1300. The number of benzene rings is 3. The maximum atomic E-state index is 12.8. The van der Waals surface area contributed by atoms with E-state index in [0.717, 1.165) is 17.7 Å². The van der Waals surface area contributed by atoms with Crippen LogP contribution in [0.4, 0.5) is 11.4 Å². The first kappa shape index (κ1) is 23.3. The Morgan fingerprint density at radius 2 is 1.68 bits per heavy atom. The Morgan fingerprint density at radius 3 is 2.44 bits per heavy atom. The minimum atomic E-state index is -3.97. The van der Waals surface area contributed by atoms with Crippen molar-refractivity contribution in [2.75, 3.05) is 29.4 Å². The lowest BCUT2D eigenvalue weighted by atomic mass is 10.2. The van der Waals surface area contributed by atoms with Crippen LogP contribution in [-0.4, -0.2) is 40.1 Å². The van der Waals surface area contributed by atoms with E-state index in [-0.39, 0.29) is 22.1 Å². The molecule has 34 heavy (non-hydrogen) atoms. The van der Waals surface area contributed by atoms with E-state index in [1.54, 1.807) is 29.2 Å². The Morgan fingerprint density at radius 1 is 0.971 bits per heavy atom. The summed E-state index contributed by atoms with van der Waals surface area (Å²) < 4.78 is 38.7. The predicted octanol–water partition coefficient (Wildman–Crippen LogP) is 3.63. The van der Waals surface area contributed by atoms with Gasteiger partial charge in [0.25, 0.3) is 15.9 Å². The minimum Gasteiger partial charge on any atom is -0.494 e.